The molecule has 1 unspecified atom stereocenters. The van der Waals surface area contributed by atoms with Gasteiger partial charge in [0.25, 0.3) is 0 Å². The number of likely N-dealkylation sites (tertiary alicyclic amines) is 1. The summed E-state index contributed by atoms with van der Waals surface area (Å²) in [5.41, 5.74) is 0.402. The zero-order valence-electron chi connectivity index (χ0n) is 9.56. The van der Waals surface area contributed by atoms with E-state index in [2.05, 4.69) is 38.0 Å². The minimum Gasteiger partial charge on any atom is -0.319 e. The normalized spacial score (nSPS) is 28.2. The Labute approximate surface area is 82.7 Å². The van der Waals surface area contributed by atoms with E-state index in [-0.39, 0.29) is 0 Å². The first-order valence-corrected chi connectivity index (χ1v) is 5.52. The average Bonchev–Trinajstić information content (AvgIpc) is 2.33. The van der Waals surface area contributed by atoms with Crippen LogP contribution in [0.15, 0.2) is 0 Å². The lowest BCUT2D eigenvalue weighted by molar-refractivity contribution is 0.138. The Balaban J connectivity index is 2.54. The molecular weight excluding hydrogens is 160 g/mol. The van der Waals surface area contributed by atoms with Crippen LogP contribution >= 0.6 is 0 Å². The molecule has 1 saturated heterocycles. The summed E-state index contributed by atoms with van der Waals surface area (Å²) in [5.74, 6) is 0.823. The van der Waals surface area contributed by atoms with Crippen LogP contribution in [0.4, 0.5) is 0 Å². The predicted octanol–water partition coefficient (Wildman–Crippen LogP) is 1.72. The fraction of sp³-hybridized carbons (Fsp3) is 1.00. The molecule has 0 aromatic rings. The van der Waals surface area contributed by atoms with Crippen molar-refractivity contribution in [1.29, 1.82) is 0 Å². The van der Waals surface area contributed by atoms with Crippen molar-refractivity contribution in [3.05, 3.63) is 0 Å². The maximum absolute atomic E-state index is 3.30. The predicted molar refractivity (Wildman–Crippen MR) is 58.0 cm³/mol. The highest BCUT2D eigenvalue weighted by molar-refractivity contribution is 4.95. The monoisotopic (exact) mass is 184 g/mol. The molecule has 2 heteroatoms. The van der Waals surface area contributed by atoms with E-state index in [1.807, 2.05) is 0 Å². The first kappa shape index (κ1) is 11.0. The van der Waals surface area contributed by atoms with Crippen LogP contribution in [0.2, 0.25) is 0 Å². The van der Waals surface area contributed by atoms with Crippen LogP contribution in [-0.4, -0.2) is 37.1 Å². The van der Waals surface area contributed by atoms with Crippen molar-refractivity contribution in [2.45, 2.75) is 39.2 Å². The van der Waals surface area contributed by atoms with Gasteiger partial charge in [-0.1, -0.05) is 6.92 Å². The SMILES string of the molecule is CCCN1CCC(CNC)C1(C)C. The fourth-order valence-corrected chi connectivity index (χ4v) is 2.48. The topological polar surface area (TPSA) is 15.3 Å². The maximum Gasteiger partial charge on any atom is 0.0193 e. The third-order valence-corrected chi connectivity index (χ3v) is 3.51. The van der Waals surface area contributed by atoms with E-state index in [9.17, 15) is 0 Å². The molecule has 1 heterocycles. The Morgan fingerprint density at radius 1 is 1.46 bits per heavy atom. The Bertz CT molecular complexity index is 138. The highest BCUT2D eigenvalue weighted by Crippen LogP contribution is 2.33. The van der Waals surface area contributed by atoms with Crippen LogP contribution in [-0.2, 0) is 0 Å². The summed E-state index contributed by atoms with van der Waals surface area (Å²) >= 11 is 0. The Hall–Kier alpha value is -0.0800. The quantitative estimate of drug-likeness (QED) is 0.715. The van der Waals surface area contributed by atoms with Gasteiger partial charge in [-0.2, -0.15) is 0 Å². The molecule has 1 rings (SSSR count). The number of hydrogen-bond acceptors (Lipinski definition) is 2. The van der Waals surface area contributed by atoms with Crippen LogP contribution < -0.4 is 5.32 Å². The molecule has 0 amide bonds. The van der Waals surface area contributed by atoms with Gasteiger partial charge in [-0.25, -0.2) is 0 Å². The lowest BCUT2D eigenvalue weighted by atomic mass is 9.88. The second-order valence-electron chi connectivity index (χ2n) is 4.68. The Morgan fingerprint density at radius 2 is 2.15 bits per heavy atom. The van der Waals surface area contributed by atoms with Gasteiger partial charge in [-0.05, 0) is 59.3 Å². The first-order chi connectivity index (χ1) is 6.12. The van der Waals surface area contributed by atoms with Crippen LogP contribution in [0.25, 0.3) is 0 Å². The van der Waals surface area contributed by atoms with Crippen molar-refractivity contribution in [2.24, 2.45) is 5.92 Å². The Morgan fingerprint density at radius 3 is 2.69 bits per heavy atom. The molecule has 1 atom stereocenters. The third kappa shape index (κ3) is 2.23. The van der Waals surface area contributed by atoms with E-state index < -0.39 is 0 Å². The lowest BCUT2D eigenvalue weighted by Gasteiger charge is -2.36. The van der Waals surface area contributed by atoms with Gasteiger partial charge in [0.2, 0.25) is 0 Å². The summed E-state index contributed by atoms with van der Waals surface area (Å²) in [5, 5.41) is 3.30. The average molecular weight is 184 g/mol. The van der Waals surface area contributed by atoms with Crippen molar-refractivity contribution in [3.8, 4) is 0 Å². The number of nitrogens with zero attached hydrogens (tertiary/aromatic N) is 1. The fourth-order valence-electron chi connectivity index (χ4n) is 2.48. The molecule has 0 aromatic heterocycles. The third-order valence-electron chi connectivity index (χ3n) is 3.51. The van der Waals surface area contributed by atoms with Crippen LogP contribution in [0.1, 0.15) is 33.6 Å². The number of rotatable bonds is 4. The van der Waals surface area contributed by atoms with E-state index in [0.29, 0.717) is 5.54 Å². The molecule has 0 radical (unpaired) electrons. The highest BCUT2D eigenvalue weighted by Gasteiger charge is 2.39. The molecule has 2 nitrogen and oxygen atoms in total. The zero-order chi connectivity index (χ0) is 9.90. The number of nitrogens with one attached hydrogen (secondary N) is 1. The summed E-state index contributed by atoms with van der Waals surface area (Å²) in [6, 6.07) is 0. The van der Waals surface area contributed by atoms with Gasteiger partial charge in [0.1, 0.15) is 0 Å². The van der Waals surface area contributed by atoms with E-state index in [0.717, 1.165) is 12.5 Å². The van der Waals surface area contributed by atoms with Crippen LogP contribution in [0.3, 0.4) is 0 Å². The molecule has 1 N–H and O–H groups in total. The summed E-state index contributed by atoms with van der Waals surface area (Å²) in [4.78, 5) is 2.63. The lowest BCUT2D eigenvalue weighted by Crippen LogP contribution is -2.45. The standard InChI is InChI=1S/C11H24N2/c1-5-7-13-8-6-10(9-12-4)11(13,2)3/h10,12H,5-9H2,1-4H3. The van der Waals surface area contributed by atoms with Gasteiger partial charge in [-0.3, -0.25) is 4.90 Å². The molecule has 1 aliphatic heterocycles. The first-order valence-electron chi connectivity index (χ1n) is 5.52. The largest absolute Gasteiger partial charge is 0.319 e. The molecule has 0 saturated carbocycles. The summed E-state index contributed by atoms with van der Waals surface area (Å²) in [7, 11) is 2.05. The molecule has 13 heavy (non-hydrogen) atoms. The van der Waals surface area contributed by atoms with E-state index >= 15 is 0 Å². The molecule has 0 aromatic carbocycles. The molecule has 78 valence electrons. The van der Waals surface area contributed by atoms with Crippen LogP contribution in [0, 0.1) is 5.92 Å². The number of hydrogen-bond donors (Lipinski definition) is 1. The van der Waals surface area contributed by atoms with Crippen molar-refractivity contribution >= 4 is 0 Å². The second-order valence-corrected chi connectivity index (χ2v) is 4.68. The van der Waals surface area contributed by atoms with Crippen molar-refractivity contribution < 1.29 is 0 Å². The van der Waals surface area contributed by atoms with Crippen LogP contribution in [0.5, 0.6) is 0 Å². The summed E-state index contributed by atoms with van der Waals surface area (Å²) < 4.78 is 0. The van der Waals surface area contributed by atoms with E-state index in [4.69, 9.17) is 0 Å². The van der Waals surface area contributed by atoms with E-state index in [1.165, 1.54) is 25.9 Å². The summed E-state index contributed by atoms with van der Waals surface area (Å²) in [6.45, 7) is 10.7. The van der Waals surface area contributed by atoms with Gasteiger partial charge in [0.15, 0.2) is 0 Å². The molecule has 0 bridgehead atoms. The highest BCUT2D eigenvalue weighted by atomic mass is 15.2. The Kier molecular flexibility index (Phi) is 3.74. The van der Waals surface area contributed by atoms with Gasteiger partial charge in [-0.15, -0.1) is 0 Å². The smallest absolute Gasteiger partial charge is 0.0193 e. The van der Waals surface area contributed by atoms with Gasteiger partial charge in [0, 0.05) is 5.54 Å². The maximum atomic E-state index is 3.30. The minimum atomic E-state index is 0.402. The molecule has 1 aliphatic rings. The van der Waals surface area contributed by atoms with Crippen molar-refractivity contribution in [2.75, 3.05) is 26.7 Å². The zero-order valence-corrected chi connectivity index (χ0v) is 9.56. The molecular formula is C11H24N2. The van der Waals surface area contributed by atoms with Crippen molar-refractivity contribution in [1.82, 2.24) is 10.2 Å². The van der Waals surface area contributed by atoms with Crippen molar-refractivity contribution in [3.63, 3.8) is 0 Å². The summed E-state index contributed by atoms with van der Waals surface area (Å²) in [6.07, 6.45) is 2.63. The molecule has 0 spiro atoms. The van der Waals surface area contributed by atoms with Gasteiger partial charge >= 0.3 is 0 Å². The molecule has 1 fully saturated rings. The van der Waals surface area contributed by atoms with Gasteiger partial charge < -0.3 is 5.32 Å². The minimum absolute atomic E-state index is 0.402. The second kappa shape index (κ2) is 4.43. The molecule has 0 aliphatic carbocycles. The van der Waals surface area contributed by atoms with E-state index in [1.54, 1.807) is 0 Å². The van der Waals surface area contributed by atoms with Gasteiger partial charge in [0.05, 0.1) is 0 Å².